The van der Waals surface area contributed by atoms with E-state index in [1.54, 1.807) is 0 Å². The summed E-state index contributed by atoms with van der Waals surface area (Å²) in [7, 11) is -3.71. The molecule has 2 saturated heterocycles. The van der Waals surface area contributed by atoms with E-state index in [1.165, 1.54) is 64.2 Å². The first kappa shape index (κ1) is 30.0. The molecule has 2 aliphatic rings. The van der Waals surface area contributed by atoms with Gasteiger partial charge < -0.3 is 18.9 Å². The Morgan fingerprint density at radius 1 is 0.794 bits per heavy atom. The molecule has 2 aliphatic heterocycles. The van der Waals surface area contributed by atoms with Gasteiger partial charge in [0.25, 0.3) is 10.1 Å². The monoisotopic (exact) mass is 506 g/mol. The summed E-state index contributed by atoms with van der Waals surface area (Å²) in [5, 5.41) is 0. The summed E-state index contributed by atoms with van der Waals surface area (Å²) in [4.78, 5) is 0. The molecule has 2 rings (SSSR count). The molecule has 0 bridgehead atoms. The summed E-state index contributed by atoms with van der Waals surface area (Å²) >= 11 is 0. The molecule has 2 fully saturated rings. The minimum atomic E-state index is -3.71. The number of hydrogen-bond donors (Lipinski definition) is 0. The molecule has 4 atom stereocenters. The molecule has 0 amide bonds. The Kier molecular flexibility index (Phi) is 12.2. The summed E-state index contributed by atoms with van der Waals surface area (Å²) in [6, 6.07) is 0. The topological polar surface area (TPSA) is 80.3 Å². The van der Waals surface area contributed by atoms with Crippen molar-refractivity contribution in [1.29, 1.82) is 0 Å². The lowest BCUT2D eigenvalue weighted by molar-refractivity contribution is -0.174. The van der Waals surface area contributed by atoms with Crippen LogP contribution in [0.2, 0.25) is 0 Å². The zero-order chi connectivity index (χ0) is 25.2. The SMILES string of the molecule is CCCCCCCCCCCCCCC1OC(C)(C)OC1C(OS(C)(=O)=O)C1COC(C)(C)O1. The average molecular weight is 507 g/mol. The highest BCUT2D eigenvalue weighted by Crippen LogP contribution is 2.37. The van der Waals surface area contributed by atoms with E-state index in [0.29, 0.717) is 0 Å². The third kappa shape index (κ3) is 11.2. The van der Waals surface area contributed by atoms with E-state index in [-0.39, 0.29) is 12.7 Å². The van der Waals surface area contributed by atoms with Crippen LogP contribution in [0.5, 0.6) is 0 Å². The smallest absolute Gasteiger partial charge is 0.264 e. The van der Waals surface area contributed by atoms with Gasteiger partial charge in [0.15, 0.2) is 11.6 Å². The highest BCUT2D eigenvalue weighted by atomic mass is 32.2. The van der Waals surface area contributed by atoms with Gasteiger partial charge in [-0.1, -0.05) is 84.0 Å². The molecule has 4 unspecified atom stereocenters. The highest BCUT2D eigenvalue weighted by molar-refractivity contribution is 7.86. The van der Waals surface area contributed by atoms with Crippen molar-refractivity contribution in [3.63, 3.8) is 0 Å². The van der Waals surface area contributed by atoms with Gasteiger partial charge in [-0.05, 0) is 34.1 Å². The van der Waals surface area contributed by atoms with Crippen molar-refractivity contribution in [3.05, 3.63) is 0 Å². The molecule has 0 aliphatic carbocycles. The van der Waals surface area contributed by atoms with Crippen molar-refractivity contribution in [2.45, 2.75) is 154 Å². The fourth-order valence-electron chi connectivity index (χ4n) is 4.96. The maximum Gasteiger partial charge on any atom is 0.264 e. The number of unbranched alkanes of at least 4 members (excludes halogenated alkanes) is 11. The van der Waals surface area contributed by atoms with Crippen LogP contribution in [0, 0.1) is 0 Å². The third-order valence-electron chi connectivity index (χ3n) is 6.57. The summed E-state index contributed by atoms with van der Waals surface area (Å²) in [5.74, 6) is -1.59. The van der Waals surface area contributed by atoms with E-state index in [0.717, 1.165) is 25.5 Å². The molecule has 0 aromatic heterocycles. The van der Waals surface area contributed by atoms with E-state index in [1.807, 2.05) is 27.7 Å². The standard InChI is InChI=1S/C26H50O7S/c1-7-8-9-10-11-12-13-14-15-16-17-18-19-21-23(32-26(4,5)30-21)24(33-34(6,27)28)22-20-29-25(2,3)31-22/h21-24H,7-20H2,1-6H3. The Morgan fingerprint density at radius 2 is 1.32 bits per heavy atom. The fraction of sp³-hybridized carbons (Fsp3) is 1.00. The lowest BCUT2D eigenvalue weighted by atomic mass is 9.98. The van der Waals surface area contributed by atoms with Gasteiger partial charge in [0.05, 0.1) is 19.0 Å². The van der Waals surface area contributed by atoms with Crippen LogP contribution < -0.4 is 0 Å². The van der Waals surface area contributed by atoms with Crippen LogP contribution in [0.15, 0.2) is 0 Å². The van der Waals surface area contributed by atoms with Gasteiger partial charge in [-0.15, -0.1) is 0 Å². The Labute approximate surface area is 208 Å². The fourth-order valence-corrected chi connectivity index (χ4v) is 5.60. The zero-order valence-corrected chi connectivity index (χ0v) is 23.3. The van der Waals surface area contributed by atoms with Crippen molar-refractivity contribution >= 4 is 10.1 Å². The summed E-state index contributed by atoms with van der Waals surface area (Å²) < 4.78 is 53.6. The summed E-state index contributed by atoms with van der Waals surface area (Å²) in [6.45, 7) is 9.84. The predicted octanol–water partition coefficient (Wildman–Crippen LogP) is 6.09. The van der Waals surface area contributed by atoms with E-state index < -0.39 is 40.0 Å². The van der Waals surface area contributed by atoms with Crippen molar-refractivity contribution < 1.29 is 31.5 Å². The second-order valence-corrected chi connectivity index (χ2v) is 12.5. The molecule has 0 radical (unpaired) electrons. The minimum Gasteiger partial charge on any atom is -0.348 e. The van der Waals surface area contributed by atoms with Gasteiger partial charge in [-0.3, -0.25) is 4.18 Å². The molecule has 202 valence electrons. The van der Waals surface area contributed by atoms with Gasteiger partial charge in [0, 0.05) is 0 Å². The molecular weight excluding hydrogens is 456 g/mol. The molecule has 0 aromatic carbocycles. The van der Waals surface area contributed by atoms with Gasteiger partial charge in [0.1, 0.15) is 18.3 Å². The zero-order valence-electron chi connectivity index (χ0n) is 22.5. The maximum atomic E-state index is 12.0. The Morgan fingerprint density at radius 3 is 1.79 bits per heavy atom. The molecule has 2 heterocycles. The van der Waals surface area contributed by atoms with Crippen LogP contribution in [0.25, 0.3) is 0 Å². The second-order valence-electron chi connectivity index (χ2n) is 10.9. The van der Waals surface area contributed by atoms with Crippen molar-refractivity contribution in [2.24, 2.45) is 0 Å². The van der Waals surface area contributed by atoms with Crippen LogP contribution in [0.4, 0.5) is 0 Å². The van der Waals surface area contributed by atoms with E-state index >= 15 is 0 Å². The second kappa shape index (κ2) is 13.9. The molecule has 8 heteroatoms. The lowest BCUT2D eigenvalue weighted by Gasteiger charge is -2.30. The quantitative estimate of drug-likeness (QED) is 0.174. The van der Waals surface area contributed by atoms with Crippen LogP contribution >= 0.6 is 0 Å². The molecule has 34 heavy (non-hydrogen) atoms. The number of rotatable bonds is 17. The van der Waals surface area contributed by atoms with Gasteiger partial charge in [-0.25, -0.2) is 0 Å². The lowest BCUT2D eigenvalue weighted by Crippen LogP contribution is -2.47. The van der Waals surface area contributed by atoms with Crippen molar-refractivity contribution in [3.8, 4) is 0 Å². The van der Waals surface area contributed by atoms with Crippen molar-refractivity contribution in [1.82, 2.24) is 0 Å². The van der Waals surface area contributed by atoms with Crippen LogP contribution in [-0.2, 0) is 33.2 Å². The predicted molar refractivity (Wildman–Crippen MR) is 134 cm³/mol. The summed E-state index contributed by atoms with van der Waals surface area (Å²) in [6.07, 6.45) is 15.2. The number of hydrogen-bond acceptors (Lipinski definition) is 7. The molecule has 7 nitrogen and oxygen atoms in total. The molecule has 0 spiro atoms. The van der Waals surface area contributed by atoms with Gasteiger partial charge >= 0.3 is 0 Å². The third-order valence-corrected chi connectivity index (χ3v) is 7.14. The largest absolute Gasteiger partial charge is 0.348 e. The number of ether oxygens (including phenoxy) is 4. The maximum absolute atomic E-state index is 12.0. The highest BCUT2D eigenvalue weighted by Gasteiger charge is 2.51. The normalized spacial score (nSPS) is 27.3. The molecule has 0 aromatic rings. The van der Waals surface area contributed by atoms with Crippen LogP contribution in [0.3, 0.4) is 0 Å². The van der Waals surface area contributed by atoms with E-state index in [2.05, 4.69) is 6.92 Å². The van der Waals surface area contributed by atoms with Crippen LogP contribution in [-0.4, -0.2) is 57.3 Å². The Balaban J connectivity index is 1.78. The average Bonchev–Trinajstić information content (AvgIpc) is 3.24. The van der Waals surface area contributed by atoms with Crippen LogP contribution in [0.1, 0.15) is 118 Å². The Hall–Kier alpha value is -0.250. The Bertz CT molecular complexity index is 677. The minimum absolute atomic E-state index is 0.249. The molecular formula is C26H50O7S. The first-order chi connectivity index (χ1) is 15.9. The van der Waals surface area contributed by atoms with Gasteiger partial charge in [0.2, 0.25) is 0 Å². The molecule has 0 saturated carbocycles. The first-order valence-corrected chi connectivity index (χ1v) is 15.3. The van der Waals surface area contributed by atoms with Crippen molar-refractivity contribution in [2.75, 3.05) is 12.9 Å². The molecule has 0 N–H and O–H groups in total. The van der Waals surface area contributed by atoms with E-state index in [9.17, 15) is 8.42 Å². The van der Waals surface area contributed by atoms with Gasteiger partial charge in [-0.2, -0.15) is 8.42 Å². The van der Waals surface area contributed by atoms with E-state index in [4.69, 9.17) is 23.1 Å². The first-order valence-electron chi connectivity index (χ1n) is 13.5. The summed E-state index contributed by atoms with van der Waals surface area (Å²) in [5.41, 5.74) is 0.